The number of halogens is 1. The molecule has 0 fully saturated rings. The zero-order valence-electron chi connectivity index (χ0n) is 19.3. The molecule has 7 nitrogen and oxygen atoms in total. The summed E-state index contributed by atoms with van der Waals surface area (Å²) in [7, 11) is -1.50. The van der Waals surface area contributed by atoms with E-state index >= 15 is 0 Å². The Labute approximate surface area is 209 Å². The minimum absolute atomic E-state index is 0.129. The van der Waals surface area contributed by atoms with Gasteiger partial charge in [0.25, 0.3) is 0 Å². The first-order valence-corrected chi connectivity index (χ1v) is 13.8. The van der Waals surface area contributed by atoms with E-state index in [1.165, 1.54) is 23.5 Å². The highest BCUT2D eigenvalue weighted by Gasteiger charge is 2.23. The predicted octanol–water partition coefficient (Wildman–Crippen LogP) is 4.95. The van der Waals surface area contributed by atoms with Crippen LogP contribution in [0, 0.1) is 6.92 Å². The molecule has 0 saturated heterocycles. The quantitative estimate of drug-likeness (QED) is 0.481. The van der Waals surface area contributed by atoms with Gasteiger partial charge < -0.3 is 15.5 Å². The molecule has 2 amide bonds. The van der Waals surface area contributed by atoms with Crippen LogP contribution in [0.5, 0.6) is 0 Å². The molecule has 0 saturated carbocycles. The van der Waals surface area contributed by atoms with Crippen molar-refractivity contribution in [1.82, 2.24) is 15.2 Å². The number of fused-ring (bicyclic) bond motifs is 1. The Hall–Kier alpha value is -2.46. The number of likely N-dealkylation sites (N-methyl/N-ethyl adjacent to an activating group) is 1. The maximum atomic E-state index is 12.9. The van der Waals surface area contributed by atoms with Gasteiger partial charge in [0.05, 0.1) is 16.6 Å². The lowest BCUT2D eigenvalue weighted by atomic mass is 10.1. The number of rotatable bonds is 6. The Bertz CT molecular complexity index is 1310. The molecule has 10 heteroatoms. The third kappa shape index (κ3) is 5.60. The van der Waals surface area contributed by atoms with Crippen LogP contribution in [0.4, 0.5) is 10.5 Å². The molecule has 2 N–H and O–H groups in total. The smallest absolute Gasteiger partial charge is 0.319 e. The lowest BCUT2D eigenvalue weighted by Gasteiger charge is -2.20. The molecule has 3 aromatic rings. The van der Waals surface area contributed by atoms with Crippen molar-refractivity contribution in [3.05, 3.63) is 74.2 Å². The number of nitrogens with one attached hydrogen (secondary N) is 2. The van der Waals surface area contributed by atoms with E-state index < -0.39 is 15.9 Å². The van der Waals surface area contributed by atoms with E-state index in [0.29, 0.717) is 15.7 Å². The van der Waals surface area contributed by atoms with Crippen molar-refractivity contribution in [2.24, 2.45) is 0 Å². The van der Waals surface area contributed by atoms with Crippen LogP contribution in [-0.4, -0.2) is 37.9 Å². The third-order valence-corrected chi connectivity index (χ3v) is 9.21. The van der Waals surface area contributed by atoms with Crippen molar-refractivity contribution in [2.45, 2.75) is 43.5 Å². The number of carbonyl (C=O) groups excluding carboxylic acids is 1. The number of amides is 2. The number of benzene rings is 2. The molecule has 1 aliphatic rings. The minimum Gasteiger partial charge on any atom is -0.331 e. The molecule has 34 heavy (non-hydrogen) atoms. The van der Waals surface area contributed by atoms with E-state index in [9.17, 15) is 13.2 Å². The average Bonchev–Trinajstić information content (AvgIpc) is 3.16. The van der Waals surface area contributed by atoms with Gasteiger partial charge in [0.1, 0.15) is 10.8 Å². The summed E-state index contributed by atoms with van der Waals surface area (Å²) in [6.07, 6.45) is 0.847. The maximum Gasteiger partial charge on any atom is 0.319 e. The lowest BCUT2D eigenvalue weighted by molar-refractivity contribution is 0.249. The summed E-state index contributed by atoms with van der Waals surface area (Å²) in [5, 5.41) is 6.83. The number of nitrogens with zero attached hydrogens (tertiary/aromatic N) is 2. The highest BCUT2D eigenvalue weighted by Crippen LogP contribution is 2.28. The van der Waals surface area contributed by atoms with Gasteiger partial charge in [-0.2, -0.15) is 0 Å². The van der Waals surface area contributed by atoms with E-state index in [-0.39, 0.29) is 16.7 Å². The van der Waals surface area contributed by atoms with Crippen LogP contribution in [0.2, 0.25) is 5.02 Å². The zero-order valence-corrected chi connectivity index (χ0v) is 21.6. The fourth-order valence-corrected chi connectivity index (χ4v) is 6.96. The number of thiazole rings is 1. The van der Waals surface area contributed by atoms with E-state index in [1.807, 2.05) is 39.1 Å². The maximum absolute atomic E-state index is 12.9. The molecular weight excluding hydrogens is 492 g/mol. The van der Waals surface area contributed by atoms with Gasteiger partial charge in [0, 0.05) is 35.1 Å². The van der Waals surface area contributed by atoms with Crippen molar-refractivity contribution >= 4 is 44.5 Å². The molecule has 2 heterocycles. The average molecular weight is 519 g/mol. The summed E-state index contributed by atoms with van der Waals surface area (Å²) >= 11 is 7.82. The molecule has 1 atom stereocenters. The van der Waals surface area contributed by atoms with Crippen molar-refractivity contribution in [3.63, 3.8) is 0 Å². The number of urea groups is 1. The highest BCUT2D eigenvalue weighted by molar-refractivity contribution is 7.90. The van der Waals surface area contributed by atoms with E-state index in [4.69, 9.17) is 11.6 Å². The summed E-state index contributed by atoms with van der Waals surface area (Å²) in [5.41, 5.74) is 3.27. The molecule has 0 aliphatic carbocycles. The molecule has 2 aromatic carbocycles. The topological polar surface area (TPSA) is 91.4 Å². The first-order chi connectivity index (χ1) is 16.1. The largest absolute Gasteiger partial charge is 0.331 e. The second-order valence-corrected chi connectivity index (χ2v) is 12.1. The Morgan fingerprint density at radius 2 is 1.97 bits per heavy atom. The number of anilines is 1. The van der Waals surface area contributed by atoms with Gasteiger partial charge in [0.2, 0.25) is 0 Å². The Morgan fingerprint density at radius 3 is 2.71 bits per heavy atom. The first-order valence-electron chi connectivity index (χ1n) is 10.9. The van der Waals surface area contributed by atoms with Gasteiger partial charge >= 0.3 is 6.03 Å². The van der Waals surface area contributed by atoms with Gasteiger partial charge in [-0.1, -0.05) is 29.8 Å². The van der Waals surface area contributed by atoms with Gasteiger partial charge in [-0.05, 0) is 56.3 Å². The zero-order chi connectivity index (χ0) is 24.5. The van der Waals surface area contributed by atoms with Crippen LogP contribution in [0.3, 0.4) is 0 Å². The van der Waals surface area contributed by atoms with Crippen LogP contribution in [0.15, 0.2) is 47.4 Å². The highest BCUT2D eigenvalue weighted by atomic mass is 35.5. The monoisotopic (exact) mass is 518 g/mol. The fraction of sp³-hybridized carbons (Fsp3) is 0.333. The number of carbonyl (C=O) groups is 1. The minimum atomic E-state index is -3.54. The molecule has 1 aliphatic heterocycles. The third-order valence-electron chi connectivity index (χ3n) is 5.79. The van der Waals surface area contributed by atoms with Crippen molar-refractivity contribution in [2.75, 3.05) is 18.9 Å². The van der Waals surface area contributed by atoms with E-state index in [1.54, 1.807) is 12.1 Å². The van der Waals surface area contributed by atoms with Crippen molar-refractivity contribution < 1.29 is 13.2 Å². The summed E-state index contributed by atoms with van der Waals surface area (Å²) < 4.78 is 25.8. The van der Waals surface area contributed by atoms with Crippen molar-refractivity contribution in [3.8, 4) is 0 Å². The number of hydrogen-bond donors (Lipinski definition) is 2. The SMILES string of the molecule is Cc1cccc(C(C)NC(=O)Nc2ccc(S(=O)(=O)Cc3nc4c(s3)CN(C)CC4)cc2)c1Cl. The molecule has 1 aromatic heterocycles. The summed E-state index contributed by atoms with van der Waals surface area (Å²) in [6.45, 7) is 5.51. The number of aromatic nitrogens is 1. The number of hydrogen-bond acceptors (Lipinski definition) is 6. The predicted molar refractivity (Wildman–Crippen MR) is 136 cm³/mol. The molecule has 0 radical (unpaired) electrons. The summed E-state index contributed by atoms with van der Waals surface area (Å²) in [6, 6.07) is 11.2. The lowest BCUT2D eigenvalue weighted by Crippen LogP contribution is -2.31. The van der Waals surface area contributed by atoms with Gasteiger partial charge in [-0.25, -0.2) is 18.2 Å². The van der Waals surface area contributed by atoms with Crippen LogP contribution in [0.1, 0.15) is 39.7 Å². The Morgan fingerprint density at radius 1 is 1.24 bits per heavy atom. The molecule has 180 valence electrons. The summed E-state index contributed by atoms with van der Waals surface area (Å²) in [5.74, 6) is -0.129. The van der Waals surface area contributed by atoms with Gasteiger partial charge in [0.15, 0.2) is 9.84 Å². The van der Waals surface area contributed by atoms with Crippen molar-refractivity contribution in [1.29, 1.82) is 0 Å². The molecule has 0 bridgehead atoms. The van der Waals surface area contributed by atoms with Crippen LogP contribution in [-0.2, 0) is 28.6 Å². The number of aryl methyl sites for hydroxylation is 1. The van der Waals surface area contributed by atoms with Gasteiger partial charge in [-0.15, -0.1) is 11.3 Å². The van der Waals surface area contributed by atoms with E-state index in [2.05, 4.69) is 20.5 Å². The second kappa shape index (κ2) is 10.0. The summed E-state index contributed by atoms with van der Waals surface area (Å²) in [4.78, 5) is 20.5. The standard InChI is InChI=1S/C24H27ClN4O3S2/c1-15-5-4-6-19(23(15)25)16(2)26-24(30)27-17-7-9-18(10-8-17)34(31,32)14-22-28-20-11-12-29(3)13-21(20)33-22/h4-10,16H,11-14H2,1-3H3,(H2,26,27,30). The van der Waals surface area contributed by atoms with Gasteiger partial charge in [-0.3, -0.25) is 0 Å². The molecule has 0 spiro atoms. The fourth-order valence-electron chi connectivity index (χ4n) is 3.88. The Kier molecular flexibility index (Phi) is 7.28. The van der Waals surface area contributed by atoms with E-state index in [0.717, 1.165) is 41.2 Å². The first kappa shape index (κ1) is 24.7. The van der Waals surface area contributed by atoms with Crippen LogP contribution in [0.25, 0.3) is 0 Å². The molecule has 1 unspecified atom stereocenters. The Balaban J connectivity index is 1.38. The number of sulfone groups is 1. The van der Waals surface area contributed by atoms with Crippen LogP contribution < -0.4 is 10.6 Å². The second-order valence-electron chi connectivity index (χ2n) is 8.55. The van der Waals surface area contributed by atoms with Crippen LogP contribution >= 0.6 is 22.9 Å². The molecule has 4 rings (SSSR count). The molecular formula is C24H27ClN4O3S2. The normalized spacial score (nSPS) is 14.9.